The standard InChI is InChI=1S/C12H18N2/c1-9(2)7-11(8-14)12(5-6-13)10(3)4/h7,9-10,12H,5H2,1-4H3/b11-7-. The molecule has 0 amide bonds. The number of rotatable bonds is 4. The van der Waals surface area contributed by atoms with Gasteiger partial charge in [-0.1, -0.05) is 33.8 Å². The second-order valence-electron chi connectivity index (χ2n) is 4.19. The Hall–Kier alpha value is -1.28. The number of hydrogen-bond acceptors (Lipinski definition) is 2. The second kappa shape index (κ2) is 6.22. The van der Waals surface area contributed by atoms with Crippen LogP contribution in [-0.2, 0) is 0 Å². The molecule has 1 unspecified atom stereocenters. The molecule has 0 aromatic carbocycles. The maximum absolute atomic E-state index is 8.99. The van der Waals surface area contributed by atoms with Crippen molar-refractivity contribution in [2.75, 3.05) is 0 Å². The Bertz CT molecular complexity index is 274. The van der Waals surface area contributed by atoms with Crippen LogP contribution in [0.15, 0.2) is 11.6 Å². The monoisotopic (exact) mass is 190 g/mol. The molecule has 0 aliphatic rings. The van der Waals surface area contributed by atoms with Gasteiger partial charge in [-0.2, -0.15) is 10.5 Å². The van der Waals surface area contributed by atoms with Crippen LogP contribution in [0.5, 0.6) is 0 Å². The first-order valence-electron chi connectivity index (χ1n) is 5.01. The smallest absolute Gasteiger partial charge is 0.0947 e. The number of nitrogens with zero attached hydrogens (tertiary/aromatic N) is 2. The average molecular weight is 190 g/mol. The number of hydrogen-bond donors (Lipinski definition) is 0. The van der Waals surface area contributed by atoms with E-state index in [0.29, 0.717) is 18.3 Å². The molecule has 14 heavy (non-hydrogen) atoms. The van der Waals surface area contributed by atoms with Crippen molar-refractivity contribution >= 4 is 0 Å². The van der Waals surface area contributed by atoms with Gasteiger partial charge in [0.15, 0.2) is 0 Å². The molecule has 0 saturated heterocycles. The first-order valence-corrected chi connectivity index (χ1v) is 5.01. The Balaban J connectivity index is 4.80. The molecule has 0 spiro atoms. The molecule has 0 N–H and O–H groups in total. The number of allylic oxidation sites excluding steroid dienone is 2. The minimum absolute atomic E-state index is 0.0902. The lowest BCUT2D eigenvalue weighted by Gasteiger charge is -2.17. The summed E-state index contributed by atoms with van der Waals surface area (Å²) in [4.78, 5) is 0. The SMILES string of the molecule is CC(C)/C=C(/C#N)C(CC#N)C(C)C. The highest BCUT2D eigenvalue weighted by atomic mass is 14.3. The van der Waals surface area contributed by atoms with Crippen molar-refractivity contribution < 1.29 is 0 Å². The maximum Gasteiger partial charge on any atom is 0.0947 e. The van der Waals surface area contributed by atoms with Crippen LogP contribution < -0.4 is 0 Å². The van der Waals surface area contributed by atoms with E-state index in [2.05, 4.69) is 12.1 Å². The molecule has 0 aromatic rings. The minimum atomic E-state index is 0.0902. The van der Waals surface area contributed by atoms with Gasteiger partial charge in [0.1, 0.15) is 0 Å². The first kappa shape index (κ1) is 12.7. The molecular formula is C12H18N2. The van der Waals surface area contributed by atoms with Crippen LogP contribution >= 0.6 is 0 Å². The van der Waals surface area contributed by atoms with Crippen LogP contribution in [-0.4, -0.2) is 0 Å². The lowest BCUT2D eigenvalue weighted by molar-refractivity contribution is 0.457. The van der Waals surface area contributed by atoms with Gasteiger partial charge in [-0.15, -0.1) is 0 Å². The van der Waals surface area contributed by atoms with Gasteiger partial charge in [0, 0.05) is 17.9 Å². The molecule has 0 aromatic heterocycles. The highest BCUT2D eigenvalue weighted by Gasteiger charge is 2.18. The van der Waals surface area contributed by atoms with Gasteiger partial charge < -0.3 is 0 Å². The molecule has 2 nitrogen and oxygen atoms in total. The predicted octanol–water partition coefficient (Wildman–Crippen LogP) is 3.28. The van der Waals surface area contributed by atoms with Crippen molar-refractivity contribution in [3.63, 3.8) is 0 Å². The van der Waals surface area contributed by atoms with Gasteiger partial charge >= 0.3 is 0 Å². The van der Waals surface area contributed by atoms with Crippen molar-refractivity contribution in [1.29, 1.82) is 10.5 Å². The lowest BCUT2D eigenvalue weighted by Crippen LogP contribution is -2.11. The Morgan fingerprint density at radius 2 is 1.79 bits per heavy atom. The van der Waals surface area contributed by atoms with Crippen molar-refractivity contribution in [1.82, 2.24) is 0 Å². The molecule has 2 heteroatoms. The fourth-order valence-corrected chi connectivity index (χ4v) is 1.41. The van der Waals surface area contributed by atoms with Gasteiger partial charge in [-0.05, 0) is 11.8 Å². The first-order chi connectivity index (χ1) is 6.52. The topological polar surface area (TPSA) is 47.6 Å². The zero-order valence-electron chi connectivity index (χ0n) is 9.41. The Labute approximate surface area is 86.8 Å². The summed E-state index contributed by atoms with van der Waals surface area (Å²) < 4.78 is 0. The van der Waals surface area contributed by atoms with Crippen LogP contribution in [0.25, 0.3) is 0 Å². The summed E-state index contributed by atoms with van der Waals surface area (Å²) in [6.07, 6.45) is 2.39. The van der Waals surface area contributed by atoms with Crippen LogP contribution in [0.3, 0.4) is 0 Å². The van der Waals surface area contributed by atoms with E-state index < -0.39 is 0 Å². The van der Waals surface area contributed by atoms with Crippen molar-refractivity contribution in [2.24, 2.45) is 17.8 Å². The highest BCUT2D eigenvalue weighted by Crippen LogP contribution is 2.24. The van der Waals surface area contributed by atoms with E-state index in [9.17, 15) is 0 Å². The molecule has 76 valence electrons. The zero-order valence-corrected chi connectivity index (χ0v) is 9.41. The van der Waals surface area contributed by atoms with Crippen LogP contribution in [0.4, 0.5) is 0 Å². The summed E-state index contributed by atoms with van der Waals surface area (Å²) in [5.41, 5.74) is 0.761. The van der Waals surface area contributed by atoms with Crippen LogP contribution in [0.1, 0.15) is 34.1 Å². The van der Waals surface area contributed by atoms with E-state index in [0.717, 1.165) is 5.57 Å². The maximum atomic E-state index is 8.99. The van der Waals surface area contributed by atoms with E-state index in [-0.39, 0.29) is 5.92 Å². The van der Waals surface area contributed by atoms with Crippen molar-refractivity contribution in [3.05, 3.63) is 11.6 Å². The Morgan fingerprint density at radius 3 is 2.07 bits per heavy atom. The fraction of sp³-hybridized carbons (Fsp3) is 0.667. The summed E-state index contributed by atoms with van der Waals surface area (Å²) in [6.45, 7) is 8.18. The minimum Gasteiger partial charge on any atom is -0.198 e. The van der Waals surface area contributed by atoms with Gasteiger partial charge in [0.05, 0.1) is 12.1 Å². The zero-order chi connectivity index (χ0) is 11.1. The molecule has 0 aliphatic heterocycles. The van der Waals surface area contributed by atoms with E-state index in [1.54, 1.807) is 0 Å². The largest absolute Gasteiger partial charge is 0.198 e. The third-order valence-corrected chi connectivity index (χ3v) is 2.16. The molecule has 1 atom stereocenters. The average Bonchev–Trinajstić information content (AvgIpc) is 2.10. The van der Waals surface area contributed by atoms with Crippen LogP contribution in [0.2, 0.25) is 0 Å². The highest BCUT2D eigenvalue weighted by molar-refractivity contribution is 5.25. The molecule has 0 bridgehead atoms. The summed E-state index contributed by atoms with van der Waals surface area (Å²) in [5, 5.41) is 17.7. The lowest BCUT2D eigenvalue weighted by atomic mass is 9.85. The third kappa shape index (κ3) is 4.10. The van der Waals surface area contributed by atoms with E-state index in [4.69, 9.17) is 10.5 Å². The van der Waals surface area contributed by atoms with Crippen molar-refractivity contribution in [2.45, 2.75) is 34.1 Å². The normalized spacial score (nSPS) is 13.9. The second-order valence-corrected chi connectivity index (χ2v) is 4.19. The predicted molar refractivity (Wildman–Crippen MR) is 57.1 cm³/mol. The molecule has 0 aliphatic carbocycles. The summed E-state index contributed by atoms with van der Waals surface area (Å²) in [5.74, 6) is 0.802. The molecular weight excluding hydrogens is 172 g/mol. The fourth-order valence-electron chi connectivity index (χ4n) is 1.41. The molecule has 0 radical (unpaired) electrons. The van der Waals surface area contributed by atoms with Crippen molar-refractivity contribution in [3.8, 4) is 12.1 Å². The Morgan fingerprint density at radius 1 is 1.21 bits per heavy atom. The summed E-state index contributed by atoms with van der Waals surface area (Å²) in [7, 11) is 0. The van der Waals surface area contributed by atoms with Crippen LogP contribution in [0, 0.1) is 40.4 Å². The molecule has 0 saturated carbocycles. The number of nitriles is 2. The Kier molecular flexibility index (Phi) is 5.65. The summed E-state index contributed by atoms with van der Waals surface area (Å²) in [6, 6.07) is 4.35. The summed E-state index contributed by atoms with van der Waals surface area (Å²) >= 11 is 0. The molecule has 0 heterocycles. The van der Waals surface area contributed by atoms with E-state index in [1.165, 1.54) is 0 Å². The quantitative estimate of drug-likeness (QED) is 0.639. The van der Waals surface area contributed by atoms with Gasteiger partial charge in [-0.3, -0.25) is 0 Å². The van der Waals surface area contributed by atoms with Gasteiger partial charge in [0.25, 0.3) is 0 Å². The van der Waals surface area contributed by atoms with Gasteiger partial charge in [-0.25, -0.2) is 0 Å². The van der Waals surface area contributed by atoms with E-state index >= 15 is 0 Å². The molecule has 0 fully saturated rings. The van der Waals surface area contributed by atoms with Gasteiger partial charge in [0.2, 0.25) is 0 Å². The van der Waals surface area contributed by atoms with E-state index in [1.807, 2.05) is 33.8 Å². The molecule has 0 rings (SSSR count). The third-order valence-electron chi connectivity index (χ3n) is 2.16.